The first-order valence-corrected chi connectivity index (χ1v) is 11.5. The molecule has 0 unspecified atom stereocenters. The van der Waals surface area contributed by atoms with Crippen LogP contribution >= 0.6 is 11.6 Å². The molecule has 2 aromatic heterocycles. The summed E-state index contributed by atoms with van der Waals surface area (Å²) in [6, 6.07) is 14.7. The van der Waals surface area contributed by atoms with E-state index in [1.807, 2.05) is 56.3 Å². The van der Waals surface area contributed by atoms with Crippen LogP contribution in [0.25, 0.3) is 11.3 Å². The van der Waals surface area contributed by atoms with Crippen LogP contribution < -0.4 is 15.6 Å². The number of aromatic nitrogens is 4. The molecule has 2 heterocycles. The van der Waals surface area contributed by atoms with E-state index in [0.717, 1.165) is 11.3 Å². The minimum Gasteiger partial charge on any atom is -0.494 e. The molecule has 0 saturated carbocycles. The molecular formula is C25H26ClN5O3. The van der Waals surface area contributed by atoms with E-state index in [9.17, 15) is 9.59 Å². The molecular weight excluding hydrogens is 454 g/mol. The lowest BCUT2D eigenvalue weighted by molar-refractivity contribution is -0.122. The Morgan fingerprint density at radius 1 is 1.12 bits per heavy atom. The molecule has 0 aliphatic carbocycles. The van der Waals surface area contributed by atoms with Gasteiger partial charge in [-0.2, -0.15) is 0 Å². The predicted molar refractivity (Wildman–Crippen MR) is 131 cm³/mol. The zero-order valence-corrected chi connectivity index (χ0v) is 19.8. The van der Waals surface area contributed by atoms with Crippen LogP contribution in [-0.2, 0) is 17.8 Å². The summed E-state index contributed by atoms with van der Waals surface area (Å²) < 4.78 is 8.67. The van der Waals surface area contributed by atoms with Gasteiger partial charge in [0.2, 0.25) is 11.6 Å². The zero-order chi connectivity index (χ0) is 24.1. The van der Waals surface area contributed by atoms with Crippen molar-refractivity contribution in [3.63, 3.8) is 0 Å². The number of amides is 1. The van der Waals surface area contributed by atoms with Crippen molar-refractivity contribution in [2.75, 3.05) is 6.61 Å². The fourth-order valence-corrected chi connectivity index (χ4v) is 3.96. The van der Waals surface area contributed by atoms with E-state index in [0.29, 0.717) is 42.5 Å². The Morgan fingerprint density at radius 3 is 2.62 bits per heavy atom. The molecule has 1 N–H and O–H groups in total. The maximum Gasteiger partial charge on any atom is 0.300 e. The summed E-state index contributed by atoms with van der Waals surface area (Å²) in [5.74, 6) is 1.32. The van der Waals surface area contributed by atoms with Gasteiger partial charge in [0.15, 0.2) is 0 Å². The van der Waals surface area contributed by atoms with Gasteiger partial charge in [0.05, 0.1) is 6.61 Å². The lowest BCUT2D eigenvalue weighted by atomic mass is 10.0. The second-order valence-corrected chi connectivity index (χ2v) is 8.50. The van der Waals surface area contributed by atoms with Crippen LogP contribution in [0.15, 0.2) is 65.7 Å². The van der Waals surface area contributed by atoms with Crippen molar-refractivity contribution in [3.8, 4) is 11.4 Å². The normalized spacial score (nSPS) is 12.0. The van der Waals surface area contributed by atoms with Crippen molar-refractivity contribution < 1.29 is 9.53 Å². The van der Waals surface area contributed by atoms with Crippen molar-refractivity contribution in [2.24, 2.45) is 5.92 Å². The van der Waals surface area contributed by atoms with Gasteiger partial charge >= 0.3 is 5.56 Å². The van der Waals surface area contributed by atoms with Crippen molar-refractivity contribution in [2.45, 2.75) is 33.2 Å². The van der Waals surface area contributed by atoms with Crippen LogP contribution in [0.4, 0.5) is 0 Å². The molecule has 4 rings (SSSR count). The fourth-order valence-electron chi connectivity index (χ4n) is 3.76. The summed E-state index contributed by atoms with van der Waals surface area (Å²) >= 11 is 6.14. The van der Waals surface area contributed by atoms with Gasteiger partial charge in [0.1, 0.15) is 11.6 Å². The van der Waals surface area contributed by atoms with Crippen LogP contribution in [0.3, 0.4) is 0 Å². The number of halogens is 1. The third-order valence-corrected chi connectivity index (χ3v) is 5.83. The van der Waals surface area contributed by atoms with E-state index < -0.39 is 0 Å². The van der Waals surface area contributed by atoms with Crippen molar-refractivity contribution in [1.82, 2.24) is 24.5 Å². The van der Waals surface area contributed by atoms with E-state index in [2.05, 4.69) is 15.5 Å². The van der Waals surface area contributed by atoms with Gasteiger partial charge in [-0.1, -0.05) is 36.7 Å². The number of hydrogen-bond acceptors (Lipinski definition) is 5. The number of fused-ring (bicyclic) bond motifs is 1. The summed E-state index contributed by atoms with van der Waals surface area (Å²) in [5.41, 5.74) is 1.55. The van der Waals surface area contributed by atoms with E-state index in [1.54, 1.807) is 22.9 Å². The molecule has 8 nitrogen and oxygen atoms in total. The molecule has 0 spiro atoms. The number of benzene rings is 2. The van der Waals surface area contributed by atoms with Crippen molar-refractivity contribution in [1.29, 1.82) is 0 Å². The van der Waals surface area contributed by atoms with Crippen LogP contribution in [0.2, 0.25) is 5.02 Å². The summed E-state index contributed by atoms with van der Waals surface area (Å²) in [7, 11) is 0. The summed E-state index contributed by atoms with van der Waals surface area (Å²) in [5, 5.41) is 11.9. The average Bonchev–Trinajstić information content (AvgIpc) is 3.23. The fraction of sp³-hybridized carbons (Fsp3) is 0.280. The highest BCUT2D eigenvalue weighted by Gasteiger charge is 2.16. The summed E-state index contributed by atoms with van der Waals surface area (Å²) in [4.78, 5) is 25.4. The maximum atomic E-state index is 13.0. The molecule has 0 bridgehead atoms. The third-order valence-electron chi connectivity index (χ3n) is 5.47. The van der Waals surface area contributed by atoms with Gasteiger partial charge in [-0.3, -0.25) is 18.6 Å². The number of carbonyl (C=O) groups is 1. The average molecular weight is 480 g/mol. The van der Waals surface area contributed by atoms with Gasteiger partial charge in [-0.25, -0.2) is 0 Å². The van der Waals surface area contributed by atoms with Gasteiger partial charge in [0, 0.05) is 42.5 Å². The third kappa shape index (κ3) is 5.28. The van der Waals surface area contributed by atoms with Crippen LogP contribution in [0, 0.1) is 5.92 Å². The van der Waals surface area contributed by atoms with Crippen LogP contribution in [0.1, 0.15) is 31.7 Å². The number of ether oxygens (including phenoxy) is 1. The first-order valence-electron chi connectivity index (χ1n) is 11.1. The van der Waals surface area contributed by atoms with Gasteiger partial charge in [0.25, 0.3) is 0 Å². The largest absolute Gasteiger partial charge is 0.494 e. The highest BCUT2D eigenvalue weighted by atomic mass is 35.5. The molecule has 0 fully saturated rings. The Kier molecular flexibility index (Phi) is 7.27. The van der Waals surface area contributed by atoms with Crippen LogP contribution in [-0.4, -0.2) is 31.7 Å². The zero-order valence-electron chi connectivity index (χ0n) is 19.1. The molecule has 9 heteroatoms. The molecule has 176 valence electrons. The predicted octanol–water partition coefficient (Wildman–Crippen LogP) is 3.82. The first kappa shape index (κ1) is 23.5. The summed E-state index contributed by atoms with van der Waals surface area (Å²) in [6.07, 6.45) is 4.29. The summed E-state index contributed by atoms with van der Waals surface area (Å²) in [6.45, 7) is 4.85. The smallest absolute Gasteiger partial charge is 0.300 e. The molecule has 4 aromatic rings. The topological polar surface area (TPSA) is 90.5 Å². The van der Waals surface area contributed by atoms with E-state index in [4.69, 9.17) is 16.3 Å². The Morgan fingerprint density at radius 2 is 1.88 bits per heavy atom. The van der Waals surface area contributed by atoms with E-state index in [-0.39, 0.29) is 23.0 Å². The second kappa shape index (κ2) is 10.5. The van der Waals surface area contributed by atoms with Gasteiger partial charge in [-0.05, 0) is 48.7 Å². The molecule has 0 aliphatic heterocycles. The maximum absolute atomic E-state index is 13.0. The molecule has 34 heavy (non-hydrogen) atoms. The molecule has 2 aromatic carbocycles. The van der Waals surface area contributed by atoms with Crippen molar-refractivity contribution in [3.05, 3.63) is 87.7 Å². The number of nitrogens with zero attached hydrogens (tertiary/aromatic N) is 4. The molecule has 1 amide bonds. The number of carbonyl (C=O) groups excluding carboxylic acids is 1. The van der Waals surface area contributed by atoms with E-state index >= 15 is 0 Å². The van der Waals surface area contributed by atoms with Crippen molar-refractivity contribution >= 4 is 23.2 Å². The highest BCUT2D eigenvalue weighted by molar-refractivity contribution is 6.31. The molecule has 0 aliphatic rings. The van der Waals surface area contributed by atoms with Crippen LogP contribution in [0.5, 0.6) is 5.75 Å². The minimum atomic E-state index is -0.268. The van der Waals surface area contributed by atoms with E-state index in [1.165, 1.54) is 4.57 Å². The van der Waals surface area contributed by atoms with Gasteiger partial charge in [-0.15, -0.1) is 10.2 Å². The molecule has 1 atom stereocenters. The van der Waals surface area contributed by atoms with Gasteiger partial charge < -0.3 is 10.1 Å². The Hall–Kier alpha value is -3.65. The molecule has 0 radical (unpaired) electrons. The lowest BCUT2D eigenvalue weighted by Crippen LogP contribution is -2.25. The molecule has 0 saturated heterocycles. The lowest BCUT2D eigenvalue weighted by Gasteiger charge is -2.12. The Balaban J connectivity index is 1.42. The quantitative estimate of drug-likeness (QED) is 0.394. The monoisotopic (exact) mass is 479 g/mol. The first-order chi connectivity index (χ1) is 16.5. The standard InChI is InChI=1S/C25H26ClN5O3/c1-3-34-20-10-8-19(9-11-20)30-12-13-31-22(28-29-24(31)25(30)33)14-17(2)15-23(32)27-16-18-6-4-5-7-21(18)26/h4-13,17H,3,14-16H2,1-2H3,(H,27,32)/t17-/m0/s1. The Labute approximate surface area is 202 Å². The number of hydrogen-bond donors (Lipinski definition) is 1. The SMILES string of the molecule is CCOc1ccc(-n2ccn3c(C[C@H](C)CC(=O)NCc4ccccc4Cl)nnc3c2=O)cc1. The minimum absolute atomic E-state index is 0.00665. The number of rotatable bonds is 9. The highest BCUT2D eigenvalue weighted by Crippen LogP contribution is 2.17. The second-order valence-electron chi connectivity index (χ2n) is 8.09. The number of nitrogens with one attached hydrogen (secondary N) is 1. The Bertz CT molecular complexity index is 1350.